The number of amides is 1. The highest BCUT2D eigenvalue weighted by Gasteiger charge is 2.53. The number of hydrogen-bond donors (Lipinski definition) is 2. The van der Waals surface area contributed by atoms with Crippen molar-refractivity contribution in [3.63, 3.8) is 0 Å². The minimum atomic E-state index is -4.55. The lowest BCUT2D eigenvalue weighted by atomic mass is 9.83. The van der Waals surface area contributed by atoms with Gasteiger partial charge in [-0.15, -0.1) is 0 Å². The van der Waals surface area contributed by atoms with Crippen LogP contribution in [0.25, 0.3) is 11.1 Å². The van der Waals surface area contributed by atoms with Crippen LogP contribution in [-0.2, 0) is 31.8 Å². The molecule has 2 N–H and O–H groups in total. The van der Waals surface area contributed by atoms with Crippen LogP contribution in [-0.4, -0.2) is 47.2 Å². The fourth-order valence-corrected chi connectivity index (χ4v) is 5.73. The van der Waals surface area contributed by atoms with Gasteiger partial charge in [0.15, 0.2) is 11.6 Å². The highest BCUT2D eigenvalue weighted by Crippen LogP contribution is 2.44. The van der Waals surface area contributed by atoms with Gasteiger partial charge in [-0.1, -0.05) is 66.7 Å². The topological polar surface area (TPSA) is 106 Å². The third kappa shape index (κ3) is 9.55. The molecule has 0 aliphatic carbocycles. The van der Waals surface area contributed by atoms with Crippen LogP contribution in [0.4, 0.5) is 13.2 Å². The number of ether oxygens (including phenoxy) is 3. The van der Waals surface area contributed by atoms with Gasteiger partial charge in [-0.05, 0) is 85.8 Å². The number of benzene rings is 4. The molecule has 11 heteroatoms. The summed E-state index contributed by atoms with van der Waals surface area (Å²) in [5.74, 6) is -0.459. The first-order valence-electron chi connectivity index (χ1n) is 16.7. The molecule has 5 rings (SSSR count). The van der Waals surface area contributed by atoms with Crippen LogP contribution in [0.3, 0.4) is 0 Å². The normalized spacial score (nSPS) is 17.3. The van der Waals surface area contributed by atoms with Gasteiger partial charge in [0.25, 0.3) is 5.91 Å². The van der Waals surface area contributed by atoms with E-state index in [0.29, 0.717) is 29.9 Å². The van der Waals surface area contributed by atoms with Gasteiger partial charge < -0.3 is 24.6 Å². The molecule has 0 saturated carbocycles. The van der Waals surface area contributed by atoms with E-state index in [1.165, 1.54) is 12.1 Å². The second kappa shape index (κ2) is 15.8. The van der Waals surface area contributed by atoms with Crippen molar-refractivity contribution in [1.82, 2.24) is 5.32 Å². The fourth-order valence-electron chi connectivity index (χ4n) is 5.73. The quantitative estimate of drug-likeness (QED) is 0.109. The number of aliphatic imine (C=N–C) groups is 1. The lowest BCUT2D eigenvalue weighted by Gasteiger charge is -2.31. The van der Waals surface area contributed by atoms with Crippen molar-refractivity contribution in [3.05, 3.63) is 125 Å². The average molecular weight is 703 g/mol. The second-order valence-electron chi connectivity index (χ2n) is 13.2. The summed E-state index contributed by atoms with van der Waals surface area (Å²) in [6.45, 7) is 5.33. The first kappa shape index (κ1) is 37.1. The van der Waals surface area contributed by atoms with Crippen LogP contribution >= 0.6 is 0 Å². The van der Waals surface area contributed by atoms with Crippen LogP contribution in [0.1, 0.15) is 68.4 Å². The zero-order valence-corrected chi connectivity index (χ0v) is 28.7. The van der Waals surface area contributed by atoms with E-state index in [1.54, 1.807) is 45.0 Å². The molecule has 0 saturated heterocycles. The minimum Gasteiger partial charge on any atom is -0.494 e. The largest absolute Gasteiger partial charge is 0.494 e. The third-order valence-corrected chi connectivity index (χ3v) is 8.19. The Bertz CT molecular complexity index is 1820. The first-order valence-corrected chi connectivity index (χ1v) is 16.7. The molecule has 1 amide bonds. The number of esters is 1. The Kier molecular flexibility index (Phi) is 11.5. The Morgan fingerprint density at radius 1 is 0.882 bits per heavy atom. The molecule has 8 nitrogen and oxygen atoms in total. The smallest absolute Gasteiger partial charge is 0.416 e. The van der Waals surface area contributed by atoms with Gasteiger partial charge in [0, 0.05) is 31.6 Å². The Labute approximate surface area is 295 Å². The van der Waals surface area contributed by atoms with E-state index in [2.05, 4.69) is 5.32 Å². The van der Waals surface area contributed by atoms with Gasteiger partial charge in [-0.25, -0.2) is 4.99 Å². The van der Waals surface area contributed by atoms with E-state index in [-0.39, 0.29) is 37.5 Å². The highest BCUT2D eigenvalue weighted by atomic mass is 19.4. The van der Waals surface area contributed by atoms with Crippen molar-refractivity contribution < 1.29 is 42.1 Å². The number of aliphatic hydroxyl groups is 1. The number of nitrogens with zero attached hydrogens (tertiary/aromatic N) is 1. The first-order chi connectivity index (χ1) is 24.3. The van der Waals surface area contributed by atoms with Gasteiger partial charge >= 0.3 is 12.1 Å². The molecule has 2 atom stereocenters. The zero-order valence-electron chi connectivity index (χ0n) is 28.7. The summed E-state index contributed by atoms with van der Waals surface area (Å²) in [5.41, 5.74) is -0.00471. The van der Waals surface area contributed by atoms with E-state index in [9.17, 15) is 22.8 Å². The number of aliphatic hydroxyl groups excluding tert-OH is 1. The third-order valence-electron chi connectivity index (χ3n) is 8.19. The lowest BCUT2D eigenvalue weighted by molar-refractivity contribution is -0.155. The van der Waals surface area contributed by atoms with Gasteiger partial charge in [-0.3, -0.25) is 9.59 Å². The number of carbonyl (C=O) groups excluding carboxylic acids is 2. The van der Waals surface area contributed by atoms with Crippen molar-refractivity contribution in [1.29, 1.82) is 0 Å². The van der Waals surface area contributed by atoms with Gasteiger partial charge in [0.2, 0.25) is 5.90 Å². The summed E-state index contributed by atoms with van der Waals surface area (Å²) in [7, 11) is 0. The molecule has 4 aromatic carbocycles. The van der Waals surface area contributed by atoms with E-state index < -0.39 is 40.9 Å². The van der Waals surface area contributed by atoms with E-state index in [1.807, 2.05) is 54.6 Å². The molecular weight excluding hydrogens is 661 g/mol. The van der Waals surface area contributed by atoms with Crippen molar-refractivity contribution in [2.45, 2.75) is 70.0 Å². The second-order valence-corrected chi connectivity index (χ2v) is 13.2. The number of alkyl halides is 3. The Balaban J connectivity index is 1.53. The Morgan fingerprint density at radius 3 is 2.20 bits per heavy atom. The summed E-state index contributed by atoms with van der Waals surface area (Å²) in [6.07, 6.45) is -5.40. The molecule has 0 radical (unpaired) electrons. The summed E-state index contributed by atoms with van der Waals surface area (Å²) < 4.78 is 58.2. The van der Waals surface area contributed by atoms with Crippen LogP contribution in [0.2, 0.25) is 0 Å². The van der Waals surface area contributed by atoms with Crippen molar-refractivity contribution >= 4 is 17.8 Å². The minimum absolute atomic E-state index is 0.00233. The van der Waals surface area contributed by atoms with Crippen molar-refractivity contribution in [3.8, 4) is 16.9 Å². The maximum Gasteiger partial charge on any atom is 0.416 e. The molecule has 0 spiro atoms. The molecule has 4 aromatic rings. The highest BCUT2D eigenvalue weighted by molar-refractivity contribution is 6.01. The SMILES string of the molecule is CC(C)(C)OC(=O)CC[C@@]1(C(=O)NCc2cccc(C(F)(F)F)c2)N=C(c2ccc(OCCCO)cc2)O[C@@H]1c1ccc(-c2ccccc2)cc1. The van der Waals surface area contributed by atoms with Crippen LogP contribution < -0.4 is 10.1 Å². The number of rotatable bonds is 13. The molecule has 0 aromatic heterocycles. The predicted molar refractivity (Wildman–Crippen MR) is 187 cm³/mol. The molecule has 1 aliphatic rings. The fraction of sp³-hybridized carbons (Fsp3) is 0.325. The number of nitrogens with one attached hydrogen (secondary N) is 1. The zero-order chi connectivity index (χ0) is 36.6. The lowest BCUT2D eigenvalue weighted by Crippen LogP contribution is -2.48. The van der Waals surface area contributed by atoms with Crippen LogP contribution in [0.15, 0.2) is 108 Å². The van der Waals surface area contributed by atoms with E-state index in [4.69, 9.17) is 24.3 Å². The van der Waals surface area contributed by atoms with Crippen molar-refractivity contribution in [2.24, 2.45) is 4.99 Å². The van der Waals surface area contributed by atoms with Crippen LogP contribution in [0, 0.1) is 0 Å². The maximum atomic E-state index is 14.5. The number of halogens is 3. The van der Waals surface area contributed by atoms with Crippen LogP contribution in [0.5, 0.6) is 5.75 Å². The summed E-state index contributed by atoms with van der Waals surface area (Å²) in [5, 5.41) is 11.9. The molecule has 268 valence electrons. The maximum absolute atomic E-state index is 14.5. The Morgan fingerprint density at radius 2 is 1.55 bits per heavy atom. The molecule has 0 unspecified atom stereocenters. The standard InChI is InChI=1S/C40H41F3N2O6/c1-38(2,3)51-34(47)21-22-39(37(48)44-26-27-9-7-12-32(25-27)40(41,42)43)35(30-15-13-29(14-16-30)28-10-5-4-6-11-28)50-36(45-39)31-17-19-33(20-18-31)49-24-8-23-46/h4-7,9-20,25,35,46H,8,21-24,26H2,1-3H3,(H,44,48)/t35-,39-/m1/s1. The molecule has 0 bridgehead atoms. The summed E-state index contributed by atoms with van der Waals surface area (Å²) in [4.78, 5) is 32.4. The summed E-state index contributed by atoms with van der Waals surface area (Å²) in [6, 6.07) is 28.9. The molecule has 0 fully saturated rings. The number of carbonyl (C=O) groups is 2. The number of hydrogen-bond acceptors (Lipinski definition) is 7. The Hall–Kier alpha value is -5.16. The van der Waals surface area contributed by atoms with Gasteiger partial charge in [-0.2, -0.15) is 13.2 Å². The summed E-state index contributed by atoms with van der Waals surface area (Å²) >= 11 is 0. The van der Waals surface area contributed by atoms with E-state index >= 15 is 0 Å². The molecule has 1 aliphatic heterocycles. The monoisotopic (exact) mass is 702 g/mol. The van der Waals surface area contributed by atoms with Gasteiger partial charge in [0.1, 0.15) is 11.4 Å². The van der Waals surface area contributed by atoms with Crippen molar-refractivity contribution in [2.75, 3.05) is 13.2 Å². The predicted octanol–water partition coefficient (Wildman–Crippen LogP) is 7.83. The van der Waals surface area contributed by atoms with Gasteiger partial charge in [0.05, 0.1) is 12.2 Å². The van der Waals surface area contributed by atoms with E-state index in [0.717, 1.165) is 23.3 Å². The average Bonchev–Trinajstić information content (AvgIpc) is 3.50. The molecule has 1 heterocycles. The molecular formula is C40H41F3N2O6. The molecule has 51 heavy (non-hydrogen) atoms.